The van der Waals surface area contributed by atoms with Gasteiger partial charge in [-0.05, 0) is 12.1 Å². The number of benzene rings is 1. The van der Waals surface area contributed by atoms with Crippen LogP contribution in [0.1, 0.15) is 5.56 Å². The van der Waals surface area contributed by atoms with Crippen molar-refractivity contribution in [2.45, 2.75) is 6.23 Å². The highest BCUT2D eigenvalue weighted by atomic mass is 16.6. The molecule has 8 nitrogen and oxygen atoms in total. The van der Waals surface area contributed by atoms with Crippen molar-refractivity contribution < 1.29 is 23.9 Å². The van der Waals surface area contributed by atoms with Gasteiger partial charge < -0.3 is 14.2 Å². The molecule has 1 aromatic rings. The molecule has 0 bridgehead atoms. The molecule has 122 valence electrons. The van der Waals surface area contributed by atoms with Crippen LogP contribution < -0.4 is 4.74 Å². The Bertz CT molecular complexity index is 666. The van der Waals surface area contributed by atoms with E-state index in [1.807, 2.05) is 4.90 Å². The van der Waals surface area contributed by atoms with Crippen LogP contribution in [0.25, 0.3) is 6.08 Å². The summed E-state index contributed by atoms with van der Waals surface area (Å²) < 4.78 is 16.1. The van der Waals surface area contributed by atoms with E-state index in [0.717, 1.165) is 0 Å². The number of nitrogens with zero attached hydrogens (tertiary/aromatic N) is 2. The molecular weight excluding hydrogens is 304 g/mol. The van der Waals surface area contributed by atoms with Crippen molar-refractivity contribution in [1.82, 2.24) is 4.90 Å². The molecule has 1 fully saturated rings. The molecule has 0 N–H and O–H groups in total. The molecule has 23 heavy (non-hydrogen) atoms. The van der Waals surface area contributed by atoms with E-state index in [2.05, 4.69) is 0 Å². The Hall–Kier alpha value is -2.45. The van der Waals surface area contributed by atoms with E-state index in [9.17, 15) is 14.9 Å². The first-order valence-corrected chi connectivity index (χ1v) is 7.17. The molecule has 0 spiro atoms. The number of hydrogen-bond acceptors (Lipinski definition) is 7. The zero-order valence-electron chi connectivity index (χ0n) is 12.6. The predicted octanol–water partition coefficient (Wildman–Crippen LogP) is 1.20. The molecule has 8 heteroatoms. The fraction of sp³-hybridized carbons (Fsp3) is 0.400. The smallest absolute Gasteiger partial charge is 0.338 e. The first kappa shape index (κ1) is 15.4. The van der Waals surface area contributed by atoms with Crippen LogP contribution in [0.5, 0.6) is 5.75 Å². The van der Waals surface area contributed by atoms with Gasteiger partial charge >= 0.3 is 5.97 Å². The lowest BCUT2D eigenvalue weighted by Crippen LogP contribution is -2.49. The van der Waals surface area contributed by atoms with Crippen molar-refractivity contribution in [3.63, 3.8) is 0 Å². The van der Waals surface area contributed by atoms with Crippen LogP contribution >= 0.6 is 0 Å². The Balaban J connectivity index is 1.98. The summed E-state index contributed by atoms with van der Waals surface area (Å²) >= 11 is 0. The van der Waals surface area contributed by atoms with Crippen molar-refractivity contribution in [2.24, 2.45) is 0 Å². The Morgan fingerprint density at radius 2 is 2.13 bits per heavy atom. The molecule has 1 aromatic carbocycles. The second kappa shape index (κ2) is 6.35. The van der Waals surface area contributed by atoms with Gasteiger partial charge in [0.25, 0.3) is 5.69 Å². The van der Waals surface area contributed by atoms with Crippen molar-refractivity contribution in [2.75, 3.05) is 33.4 Å². The average molecular weight is 320 g/mol. The van der Waals surface area contributed by atoms with Gasteiger partial charge in [-0.2, -0.15) is 0 Å². The van der Waals surface area contributed by atoms with Crippen LogP contribution in [-0.4, -0.2) is 55.4 Å². The number of rotatable bonds is 3. The van der Waals surface area contributed by atoms with E-state index in [1.54, 1.807) is 12.1 Å². The summed E-state index contributed by atoms with van der Waals surface area (Å²) in [6.07, 6.45) is 1.01. The van der Waals surface area contributed by atoms with Crippen LogP contribution in [0.4, 0.5) is 5.69 Å². The molecule has 1 saturated heterocycles. The van der Waals surface area contributed by atoms with Gasteiger partial charge in [-0.15, -0.1) is 0 Å². The topological polar surface area (TPSA) is 91.1 Å². The fourth-order valence-electron chi connectivity index (χ4n) is 2.65. The molecular formula is C15H16N2O6. The second-order valence-electron chi connectivity index (χ2n) is 5.19. The number of fused-ring (bicyclic) bond motifs is 1. The monoisotopic (exact) mass is 320 g/mol. The van der Waals surface area contributed by atoms with Gasteiger partial charge in [0.05, 0.1) is 30.8 Å². The number of nitro groups is 1. The van der Waals surface area contributed by atoms with Gasteiger partial charge in [-0.3, -0.25) is 15.0 Å². The van der Waals surface area contributed by atoms with Gasteiger partial charge in [0.2, 0.25) is 0 Å². The molecule has 1 atom stereocenters. The third-order valence-corrected chi connectivity index (χ3v) is 3.82. The van der Waals surface area contributed by atoms with Crippen molar-refractivity contribution >= 4 is 17.7 Å². The summed E-state index contributed by atoms with van der Waals surface area (Å²) in [6, 6.07) is 4.31. The number of carbonyl (C=O) groups excluding carboxylic acids is 1. The van der Waals surface area contributed by atoms with E-state index < -0.39 is 17.1 Å². The highest BCUT2D eigenvalue weighted by Crippen LogP contribution is 2.34. The number of ether oxygens (including phenoxy) is 3. The molecule has 3 rings (SSSR count). The molecule has 2 aliphatic heterocycles. The minimum Gasteiger partial charge on any atom is -0.470 e. The fourth-order valence-corrected chi connectivity index (χ4v) is 2.65. The van der Waals surface area contributed by atoms with Gasteiger partial charge in [0.15, 0.2) is 6.23 Å². The summed E-state index contributed by atoms with van der Waals surface area (Å²) in [5, 5.41) is 10.9. The molecule has 0 unspecified atom stereocenters. The molecule has 0 saturated carbocycles. The summed E-state index contributed by atoms with van der Waals surface area (Å²) in [5.74, 6) is -0.0154. The largest absolute Gasteiger partial charge is 0.470 e. The highest BCUT2D eigenvalue weighted by molar-refractivity contribution is 5.96. The Labute approximate surface area is 132 Å². The van der Waals surface area contributed by atoms with E-state index in [4.69, 9.17) is 14.2 Å². The standard InChI is InChI=1S/C15H16N2O6/c1-21-15(18)12-9-10-8-11(17(19)20)2-3-13(10)23-14(12)16-4-6-22-7-5-16/h2-3,8-9,14H,4-7H2,1H3/t14-/m0/s1. The lowest BCUT2D eigenvalue weighted by atomic mass is 10.0. The van der Waals surface area contributed by atoms with Gasteiger partial charge in [0, 0.05) is 30.8 Å². The lowest BCUT2D eigenvalue weighted by Gasteiger charge is -2.36. The van der Waals surface area contributed by atoms with Crippen LogP contribution in [0.15, 0.2) is 23.8 Å². The number of hydrogen-bond donors (Lipinski definition) is 0. The van der Waals surface area contributed by atoms with E-state index >= 15 is 0 Å². The maximum Gasteiger partial charge on any atom is 0.338 e. The second-order valence-corrected chi connectivity index (χ2v) is 5.19. The molecule has 2 heterocycles. The number of carbonyl (C=O) groups is 1. The summed E-state index contributed by atoms with van der Waals surface area (Å²) in [6.45, 7) is 2.37. The SMILES string of the molecule is COC(=O)C1=Cc2cc([N+](=O)[O-])ccc2O[C@@H]1N1CCOCC1. The van der Waals surface area contributed by atoms with Gasteiger partial charge in [-0.25, -0.2) is 4.79 Å². The van der Waals surface area contributed by atoms with Crippen LogP contribution in [0.2, 0.25) is 0 Å². The van der Waals surface area contributed by atoms with Crippen LogP contribution in [0, 0.1) is 10.1 Å². The maximum atomic E-state index is 12.1. The number of non-ortho nitro benzene ring substituents is 1. The highest BCUT2D eigenvalue weighted by Gasteiger charge is 2.34. The zero-order valence-corrected chi connectivity index (χ0v) is 12.6. The average Bonchev–Trinajstić information content (AvgIpc) is 2.60. The third kappa shape index (κ3) is 3.03. The van der Waals surface area contributed by atoms with Gasteiger partial charge in [-0.1, -0.05) is 0 Å². The molecule has 0 amide bonds. The number of esters is 1. The van der Waals surface area contributed by atoms with Crippen molar-refractivity contribution in [3.05, 3.63) is 39.4 Å². The number of morpholine rings is 1. The Kier molecular flexibility index (Phi) is 4.26. The minimum absolute atomic E-state index is 0.0577. The van der Waals surface area contributed by atoms with Crippen molar-refractivity contribution in [1.29, 1.82) is 0 Å². The molecule has 0 radical (unpaired) electrons. The van der Waals surface area contributed by atoms with E-state index in [-0.39, 0.29) is 5.69 Å². The van der Waals surface area contributed by atoms with E-state index in [1.165, 1.54) is 19.2 Å². The van der Waals surface area contributed by atoms with Gasteiger partial charge in [0.1, 0.15) is 5.75 Å². The number of methoxy groups -OCH3 is 1. The first-order valence-electron chi connectivity index (χ1n) is 7.17. The first-order chi connectivity index (χ1) is 11.1. The Morgan fingerprint density at radius 3 is 2.78 bits per heavy atom. The van der Waals surface area contributed by atoms with Crippen molar-refractivity contribution in [3.8, 4) is 5.75 Å². The number of nitro benzene ring substituents is 1. The zero-order chi connectivity index (χ0) is 16.4. The molecule has 2 aliphatic rings. The molecule has 0 aliphatic carbocycles. The lowest BCUT2D eigenvalue weighted by molar-refractivity contribution is -0.384. The maximum absolute atomic E-state index is 12.1. The summed E-state index contributed by atoms with van der Waals surface area (Å²) in [4.78, 5) is 24.5. The predicted molar refractivity (Wildman–Crippen MR) is 79.9 cm³/mol. The normalized spacial score (nSPS) is 20.9. The summed E-state index contributed by atoms with van der Waals surface area (Å²) in [5.41, 5.74) is 0.754. The quantitative estimate of drug-likeness (QED) is 0.469. The van der Waals surface area contributed by atoms with Crippen LogP contribution in [-0.2, 0) is 14.3 Å². The Morgan fingerprint density at radius 1 is 1.39 bits per heavy atom. The third-order valence-electron chi connectivity index (χ3n) is 3.82. The molecule has 0 aromatic heterocycles. The summed E-state index contributed by atoms with van der Waals surface area (Å²) in [7, 11) is 1.29. The van der Waals surface area contributed by atoms with E-state index in [0.29, 0.717) is 43.2 Å². The van der Waals surface area contributed by atoms with Crippen LogP contribution in [0.3, 0.4) is 0 Å². The minimum atomic E-state index is -0.583.